The molecule has 15 rings (SSSR count). The molecule has 0 unspecified atom stereocenters. The fraction of sp³-hybridized carbons (Fsp3) is 0.0769. The van der Waals surface area contributed by atoms with E-state index in [0.717, 1.165) is 34.1 Å². The molecule has 0 aliphatic heterocycles. The molecule has 0 bridgehead atoms. The molecule has 0 saturated carbocycles. The van der Waals surface area contributed by atoms with Gasteiger partial charge in [0.15, 0.2) is 0 Å². The Morgan fingerprint density at radius 1 is 0.256 bits per heavy atom. The second-order valence-corrected chi connectivity index (χ2v) is 24.0. The third-order valence-electron chi connectivity index (χ3n) is 17.7. The second kappa shape index (κ2) is 19.5. The van der Waals surface area contributed by atoms with Crippen LogP contribution in [-0.2, 0) is 10.8 Å². The number of halogens is 1. The average molecular weight is 1160 g/mol. The number of benzene rings is 12. The van der Waals surface area contributed by atoms with Gasteiger partial charge >= 0.3 is 0 Å². The minimum Gasteiger partial charge on any atom is -0.310 e. The quantitative estimate of drug-likeness (QED) is 0.126. The monoisotopic (exact) mass is 1160 g/mol. The van der Waals surface area contributed by atoms with Crippen molar-refractivity contribution in [3.63, 3.8) is 0 Å². The van der Waals surface area contributed by atoms with Gasteiger partial charge in [-0.05, 0) is 174 Å². The molecule has 13 aromatic rings. The first-order chi connectivity index (χ1) is 40.1. The Kier molecular flexibility index (Phi) is 11.8. The molecule has 0 fully saturated rings. The first kappa shape index (κ1) is 49.8. The molecule has 1 aromatic heterocycles. The number of rotatable bonds is 10. The SMILES string of the molecule is CC1(C)c2ccccc2-c2ccc(N(c3ccc(-c4ccccc4)cc3)c3ccc(-c4cccc5c4c4c(-c6ccc(N(c7ccc(-c8ccccc8)cc7)c7ccc8c(c7)C(C)(C)c7ccccc7-8)cc6)cccc4n5I)cc3)cc21. The van der Waals surface area contributed by atoms with Crippen LogP contribution < -0.4 is 9.80 Å². The average Bonchev–Trinajstić information content (AvgIpc) is 4.16. The lowest BCUT2D eigenvalue weighted by Gasteiger charge is -2.28. The molecular weight excluding hydrogens is 1110 g/mol. The van der Waals surface area contributed by atoms with Crippen LogP contribution in [0.4, 0.5) is 34.1 Å². The Bertz CT molecular complexity index is 4300. The fourth-order valence-electron chi connectivity index (χ4n) is 13.5. The Morgan fingerprint density at radius 2 is 0.549 bits per heavy atom. The molecule has 3 nitrogen and oxygen atoms in total. The minimum atomic E-state index is -0.129. The normalized spacial score (nSPS) is 13.4. The third kappa shape index (κ3) is 8.06. The summed E-state index contributed by atoms with van der Waals surface area (Å²) in [5.41, 5.74) is 29.1. The summed E-state index contributed by atoms with van der Waals surface area (Å²) < 4.78 is 2.33. The maximum Gasteiger partial charge on any atom is 0.0646 e. The predicted octanol–water partition coefficient (Wildman–Crippen LogP) is 22.2. The molecule has 0 radical (unpaired) electrons. The highest BCUT2D eigenvalue weighted by Gasteiger charge is 2.37. The van der Waals surface area contributed by atoms with Crippen LogP contribution in [0.1, 0.15) is 49.9 Å². The zero-order chi connectivity index (χ0) is 55.3. The van der Waals surface area contributed by atoms with Crippen molar-refractivity contribution < 1.29 is 0 Å². The van der Waals surface area contributed by atoms with Crippen LogP contribution in [0, 0.1) is 0 Å². The van der Waals surface area contributed by atoms with E-state index in [0.29, 0.717) is 0 Å². The second-order valence-electron chi connectivity index (χ2n) is 23.1. The van der Waals surface area contributed by atoms with Crippen molar-refractivity contribution in [2.45, 2.75) is 38.5 Å². The lowest BCUT2D eigenvalue weighted by Crippen LogP contribution is -2.16. The molecule has 2 aliphatic carbocycles. The smallest absolute Gasteiger partial charge is 0.0646 e. The van der Waals surface area contributed by atoms with E-state index in [2.05, 4.69) is 342 Å². The Morgan fingerprint density at radius 3 is 0.927 bits per heavy atom. The van der Waals surface area contributed by atoms with Gasteiger partial charge in [-0.25, -0.2) is 0 Å². The van der Waals surface area contributed by atoms with Gasteiger partial charge in [-0.1, -0.05) is 222 Å². The van der Waals surface area contributed by atoms with Gasteiger partial charge in [-0.2, -0.15) is 0 Å². The van der Waals surface area contributed by atoms with E-state index in [-0.39, 0.29) is 10.8 Å². The summed E-state index contributed by atoms with van der Waals surface area (Å²) in [7, 11) is 0. The topological polar surface area (TPSA) is 11.4 Å². The zero-order valence-electron chi connectivity index (χ0n) is 46.3. The lowest BCUT2D eigenvalue weighted by atomic mass is 9.82. The molecule has 1 heterocycles. The van der Waals surface area contributed by atoms with Gasteiger partial charge in [-0.3, -0.25) is 2.78 Å². The Balaban J connectivity index is 0.815. The van der Waals surface area contributed by atoms with E-state index < -0.39 is 0 Å². The van der Waals surface area contributed by atoms with Gasteiger partial charge in [0, 0.05) is 55.7 Å². The van der Waals surface area contributed by atoms with Crippen molar-refractivity contribution in [2.24, 2.45) is 0 Å². The van der Waals surface area contributed by atoms with E-state index in [4.69, 9.17) is 0 Å². The summed E-state index contributed by atoms with van der Waals surface area (Å²) in [5, 5.41) is 2.49. The number of fused-ring (bicyclic) bond motifs is 9. The van der Waals surface area contributed by atoms with Gasteiger partial charge in [0.2, 0.25) is 0 Å². The van der Waals surface area contributed by atoms with E-state index in [1.165, 1.54) is 111 Å². The maximum atomic E-state index is 2.50. The van der Waals surface area contributed by atoms with E-state index in [9.17, 15) is 0 Å². The molecule has 0 spiro atoms. The van der Waals surface area contributed by atoms with Crippen molar-refractivity contribution in [1.82, 2.24) is 2.78 Å². The van der Waals surface area contributed by atoms with Crippen molar-refractivity contribution in [3.8, 4) is 66.8 Å². The standard InChI is InChI=1S/C78H58IN3/c1-77(2)69-25-13-11-21-65(69)67-47-45-61(49-71(67)77)80(57-37-29-53(30-38-57)51-17-7-5-8-18-51)59-41-33-55(34-42-59)63-23-15-27-73-75(63)76-64(24-16-28-74(76)82(73)79)56-35-43-60(44-36-56)81(58-39-31-54(32-40-58)52-19-9-6-10-20-52)62-46-48-68-66-22-12-14-26-70(66)78(3,4)72(68)50-62/h5-50H,1-4H3. The van der Waals surface area contributed by atoms with Crippen LogP contribution in [0.15, 0.2) is 279 Å². The zero-order valence-corrected chi connectivity index (χ0v) is 48.4. The van der Waals surface area contributed by atoms with Crippen LogP contribution in [-0.4, -0.2) is 2.78 Å². The maximum absolute atomic E-state index is 2.50. The van der Waals surface area contributed by atoms with Crippen molar-refractivity contribution in [2.75, 3.05) is 9.80 Å². The van der Waals surface area contributed by atoms with E-state index in [1.54, 1.807) is 0 Å². The largest absolute Gasteiger partial charge is 0.310 e. The number of hydrogen-bond acceptors (Lipinski definition) is 2. The van der Waals surface area contributed by atoms with Crippen molar-refractivity contribution in [1.29, 1.82) is 0 Å². The van der Waals surface area contributed by atoms with Gasteiger partial charge in [0.1, 0.15) is 0 Å². The molecule has 0 atom stereocenters. The van der Waals surface area contributed by atoms with Crippen LogP contribution in [0.5, 0.6) is 0 Å². The summed E-state index contributed by atoms with van der Waals surface area (Å²) in [4.78, 5) is 4.84. The number of hydrogen-bond donors (Lipinski definition) is 0. The molecule has 82 heavy (non-hydrogen) atoms. The van der Waals surface area contributed by atoms with Gasteiger partial charge in [0.05, 0.1) is 33.9 Å². The molecule has 392 valence electrons. The summed E-state index contributed by atoms with van der Waals surface area (Å²) >= 11 is 2.50. The van der Waals surface area contributed by atoms with Crippen LogP contribution >= 0.6 is 22.9 Å². The number of nitrogens with zero attached hydrogens (tertiary/aromatic N) is 3. The molecule has 4 heteroatoms. The first-order valence-corrected chi connectivity index (χ1v) is 29.4. The van der Waals surface area contributed by atoms with Crippen molar-refractivity contribution >= 4 is 78.8 Å². The van der Waals surface area contributed by atoms with Crippen LogP contribution in [0.25, 0.3) is 88.6 Å². The van der Waals surface area contributed by atoms with Crippen LogP contribution in [0.2, 0.25) is 0 Å². The van der Waals surface area contributed by atoms with Gasteiger partial charge in [0.25, 0.3) is 0 Å². The summed E-state index contributed by atoms with van der Waals surface area (Å²) in [6, 6.07) is 103. The van der Waals surface area contributed by atoms with Crippen molar-refractivity contribution in [3.05, 3.63) is 301 Å². The lowest BCUT2D eigenvalue weighted by molar-refractivity contribution is 0.660. The summed E-state index contributed by atoms with van der Waals surface area (Å²) in [6.07, 6.45) is 0. The molecule has 2 aliphatic rings. The first-order valence-electron chi connectivity index (χ1n) is 28.4. The predicted molar refractivity (Wildman–Crippen MR) is 355 cm³/mol. The van der Waals surface area contributed by atoms with Gasteiger partial charge < -0.3 is 9.80 Å². The molecule has 12 aromatic carbocycles. The van der Waals surface area contributed by atoms with Crippen LogP contribution in [0.3, 0.4) is 0 Å². The highest BCUT2D eigenvalue weighted by molar-refractivity contribution is 14.1. The third-order valence-corrected chi connectivity index (χ3v) is 18.8. The number of anilines is 6. The Hall–Kier alpha value is -9.23. The number of aromatic nitrogens is 1. The molecule has 0 saturated heterocycles. The highest BCUT2D eigenvalue weighted by atomic mass is 127. The van der Waals surface area contributed by atoms with Gasteiger partial charge in [-0.15, -0.1) is 0 Å². The molecule has 0 N–H and O–H groups in total. The highest BCUT2D eigenvalue weighted by Crippen LogP contribution is 2.53. The minimum absolute atomic E-state index is 0.129. The molecular formula is C78H58IN3. The van der Waals surface area contributed by atoms with E-state index >= 15 is 0 Å². The molecule has 0 amide bonds. The Labute approximate surface area is 494 Å². The summed E-state index contributed by atoms with van der Waals surface area (Å²) in [6.45, 7) is 9.44. The summed E-state index contributed by atoms with van der Waals surface area (Å²) in [5.74, 6) is 0. The van der Waals surface area contributed by atoms with E-state index in [1.807, 2.05) is 0 Å². The fourth-order valence-corrected chi connectivity index (χ4v) is 14.4.